The maximum Gasteiger partial charge on any atom is 0.133 e. The van der Waals surface area contributed by atoms with Crippen molar-refractivity contribution in [3.8, 4) is 0 Å². The fourth-order valence-electron chi connectivity index (χ4n) is 2.40. The van der Waals surface area contributed by atoms with Crippen LogP contribution in [-0.2, 0) is 4.79 Å². The van der Waals surface area contributed by atoms with Crippen LogP contribution in [0.4, 0.5) is 0 Å². The molecule has 17 heavy (non-hydrogen) atoms. The predicted molar refractivity (Wildman–Crippen MR) is 71.0 cm³/mol. The van der Waals surface area contributed by atoms with E-state index in [4.69, 9.17) is 0 Å². The average Bonchev–Trinajstić information content (AvgIpc) is 2.38. The number of carbonyl (C=O) groups is 1. The Morgan fingerprint density at radius 3 is 2.65 bits per heavy atom. The van der Waals surface area contributed by atoms with Crippen LogP contribution < -0.4 is 0 Å². The Bertz CT molecular complexity index is 378. The van der Waals surface area contributed by atoms with Crippen molar-refractivity contribution in [3.63, 3.8) is 0 Å². The van der Waals surface area contributed by atoms with Crippen molar-refractivity contribution in [1.82, 2.24) is 0 Å². The fraction of sp³-hybridized carbons (Fsp3) is 0.438. The second-order valence-electron chi connectivity index (χ2n) is 4.80. The SMILES string of the molecule is O=C1CCCC/C=C/C[C@@H](c2ccccc2)C1. The van der Waals surface area contributed by atoms with Gasteiger partial charge in [-0.3, -0.25) is 4.79 Å². The number of Topliss-reactive ketones (excluding diaryl/α,β-unsaturated/α-hetero) is 1. The lowest BCUT2D eigenvalue weighted by atomic mass is 9.88. The van der Waals surface area contributed by atoms with Gasteiger partial charge in [0.05, 0.1) is 0 Å². The van der Waals surface area contributed by atoms with Crippen LogP contribution in [0.5, 0.6) is 0 Å². The summed E-state index contributed by atoms with van der Waals surface area (Å²) in [4.78, 5) is 11.9. The average molecular weight is 228 g/mol. The Morgan fingerprint density at radius 1 is 1.00 bits per heavy atom. The molecule has 0 radical (unpaired) electrons. The summed E-state index contributed by atoms with van der Waals surface area (Å²) in [6, 6.07) is 10.4. The Labute approximate surface area is 104 Å². The Morgan fingerprint density at radius 2 is 1.82 bits per heavy atom. The standard InChI is InChI=1S/C16H20O/c17-16-12-8-3-1-2-5-11-15(13-16)14-9-6-4-7-10-14/h2,4-7,9-10,15H,1,3,8,11-13H2/b5-2+/t15-/m1/s1. The van der Waals surface area contributed by atoms with Gasteiger partial charge in [0.2, 0.25) is 0 Å². The van der Waals surface area contributed by atoms with Gasteiger partial charge in [-0.1, -0.05) is 42.5 Å². The molecule has 0 aromatic heterocycles. The summed E-state index contributed by atoms with van der Waals surface area (Å²) in [7, 11) is 0. The molecule has 0 amide bonds. The van der Waals surface area contributed by atoms with Gasteiger partial charge >= 0.3 is 0 Å². The van der Waals surface area contributed by atoms with E-state index in [1.165, 1.54) is 5.56 Å². The van der Waals surface area contributed by atoms with Crippen molar-refractivity contribution in [2.24, 2.45) is 0 Å². The molecule has 0 heterocycles. The van der Waals surface area contributed by atoms with E-state index in [0.717, 1.165) is 32.1 Å². The Hall–Kier alpha value is -1.37. The lowest BCUT2D eigenvalue weighted by Crippen LogP contribution is -2.07. The molecule has 0 fully saturated rings. The van der Waals surface area contributed by atoms with E-state index in [1.54, 1.807) is 0 Å². The molecule has 0 spiro atoms. The minimum absolute atomic E-state index is 0.373. The maximum atomic E-state index is 11.9. The van der Waals surface area contributed by atoms with Gasteiger partial charge < -0.3 is 0 Å². The van der Waals surface area contributed by atoms with E-state index in [0.29, 0.717) is 18.1 Å². The number of hydrogen-bond donors (Lipinski definition) is 0. The van der Waals surface area contributed by atoms with Crippen molar-refractivity contribution < 1.29 is 4.79 Å². The monoisotopic (exact) mass is 228 g/mol. The highest BCUT2D eigenvalue weighted by Crippen LogP contribution is 2.26. The normalized spacial score (nSPS) is 24.2. The lowest BCUT2D eigenvalue weighted by molar-refractivity contribution is -0.119. The van der Waals surface area contributed by atoms with Crippen LogP contribution in [0.1, 0.15) is 50.0 Å². The van der Waals surface area contributed by atoms with Crippen LogP contribution in [0.2, 0.25) is 0 Å². The minimum atomic E-state index is 0.373. The maximum absolute atomic E-state index is 11.9. The van der Waals surface area contributed by atoms with Crippen molar-refractivity contribution in [3.05, 3.63) is 48.0 Å². The Balaban J connectivity index is 2.11. The van der Waals surface area contributed by atoms with E-state index < -0.39 is 0 Å². The summed E-state index contributed by atoms with van der Waals surface area (Å²) < 4.78 is 0. The molecule has 0 saturated heterocycles. The van der Waals surface area contributed by atoms with Crippen LogP contribution in [0, 0.1) is 0 Å². The second kappa shape index (κ2) is 6.39. The van der Waals surface area contributed by atoms with Crippen LogP contribution in [0.15, 0.2) is 42.5 Å². The van der Waals surface area contributed by atoms with E-state index in [2.05, 4.69) is 36.4 Å². The van der Waals surface area contributed by atoms with Crippen molar-refractivity contribution >= 4 is 5.78 Å². The van der Waals surface area contributed by atoms with Gasteiger partial charge in [-0.05, 0) is 37.2 Å². The molecule has 90 valence electrons. The zero-order chi connectivity index (χ0) is 11.9. The van der Waals surface area contributed by atoms with E-state index in [1.807, 2.05) is 6.07 Å². The molecule has 1 heteroatoms. The smallest absolute Gasteiger partial charge is 0.133 e. The summed E-state index contributed by atoms with van der Waals surface area (Å²) in [6.07, 6.45) is 10.3. The highest BCUT2D eigenvalue weighted by atomic mass is 16.1. The quantitative estimate of drug-likeness (QED) is 0.657. The minimum Gasteiger partial charge on any atom is -0.300 e. The number of allylic oxidation sites excluding steroid dienone is 2. The topological polar surface area (TPSA) is 17.1 Å². The van der Waals surface area contributed by atoms with Crippen molar-refractivity contribution in [2.45, 2.75) is 44.4 Å². The lowest BCUT2D eigenvalue weighted by Gasteiger charge is -2.15. The van der Waals surface area contributed by atoms with Crippen molar-refractivity contribution in [2.75, 3.05) is 0 Å². The molecule has 1 aliphatic rings. The first-order valence-corrected chi connectivity index (χ1v) is 6.58. The number of benzene rings is 1. The molecule has 1 nitrogen and oxygen atoms in total. The third-order valence-corrected chi connectivity index (χ3v) is 3.41. The highest BCUT2D eigenvalue weighted by Gasteiger charge is 2.15. The van der Waals surface area contributed by atoms with Gasteiger partial charge in [-0.2, -0.15) is 0 Å². The number of hydrogen-bond acceptors (Lipinski definition) is 1. The van der Waals surface area contributed by atoms with Crippen LogP contribution >= 0.6 is 0 Å². The molecule has 1 aliphatic carbocycles. The first-order valence-electron chi connectivity index (χ1n) is 6.58. The predicted octanol–water partition coefficient (Wildman–Crippen LogP) is 4.25. The van der Waals surface area contributed by atoms with Crippen LogP contribution in [0.3, 0.4) is 0 Å². The van der Waals surface area contributed by atoms with Gasteiger partial charge in [0, 0.05) is 12.8 Å². The van der Waals surface area contributed by atoms with Gasteiger partial charge in [-0.25, -0.2) is 0 Å². The third-order valence-electron chi connectivity index (χ3n) is 3.41. The Kier molecular flexibility index (Phi) is 4.54. The molecule has 1 aromatic carbocycles. The summed E-state index contributed by atoms with van der Waals surface area (Å²) in [5.74, 6) is 0.798. The van der Waals surface area contributed by atoms with Gasteiger partial charge in [-0.15, -0.1) is 0 Å². The van der Waals surface area contributed by atoms with E-state index >= 15 is 0 Å². The van der Waals surface area contributed by atoms with E-state index in [9.17, 15) is 4.79 Å². The molecular weight excluding hydrogens is 208 g/mol. The van der Waals surface area contributed by atoms with Gasteiger partial charge in [0.1, 0.15) is 5.78 Å². The fourth-order valence-corrected chi connectivity index (χ4v) is 2.40. The number of rotatable bonds is 1. The van der Waals surface area contributed by atoms with Crippen LogP contribution in [-0.4, -0.2) is 5.78 Å². The highest BCUT2D eigenvalue weighted by molar-refractivity contribution is 5.79. The molecule has 0 unspecified atom stereocenters. The zero-order valence-corrected chi connectivity index (χ0v) is 10.3. The molecule has 1 atom stereocenters. The molecule has 0 bridgehead atoms. The molecule has 2 rings (SSSR count). The zero-order valence-electron chi connectivity index (χ0n) is 10.3. The number of ketones is 1. The van der Waals surface area contributed by atoms with Gasteiger partial charge in [0.15, 0.2) is 0 Å². The van der Waals surface area contributed by atoms with E-state index in [-0.39, 0.29) is 0 Å². The summed E-state index contributed by atoms with van der Waals surface area (Å²) in [5, 5.41) is 0. The third kappa shape index (κ3) is 3.85. The number of carbonyl (C=O) groups excluding carboxylic acids is 1. The van der Waals surface area contributed by atoms with Crippen LogP contribution in [0.25, 0.3) is 0 Å². The molecular formula is C16H20O. The summed E-state index contributed by atoms with van der Waals surface area (Å²) >= 11 is 0. The molecule has 0 N–H and O–H groups in total. The largest absolute Gasteiger partial charge is 0.300 e. The van der Waals surface area contributed by atoms with Gasteiger partial charge in [0.25, 0.3) is 0 Å². The first kappa shape index (κ1) is 12.1. The first-order chi connectivity index (χ1) is 8.36. The molecule has 0 saturated carbocycles. The summed E-state index contributed by atoms with van der Waals surface area (Å²) in [6.45, 7) is 0. The second-order valence-corrected chi connectivity index (χ2v) is 4.80. The molecule has 0 aliphatic heterocycles. The van der Waals surface area contributed by atoms with Crippen molar-refractivity contribution in [1.29, 1.82) is 0 Å². The molecule has 1 aromatic rings. The summed E-state index contributed by atoms with van der Waals surface area (Å²) in [5.41, 5.74) is 1.30.